The van der Waals surface area contributed by atoms with E-state index in [4.69, 9.17) is 4.74 Å². The Labute approximate surface area is 243 Å². The van der Waals surface area contributed by atoms with Gasteiger partial charge in [-0.05, 0) is 71.1 Å². The number of benzene rings is 2. The van der Waals surface area contributed by atoms with Crippen LogP contribution >= 0.6 is 15.9 Å². The summed E-state index contributed by atoms with van der Waals surface area (Å²) in [7, 11) is 0. The number of hydrogen-bond acceptors (Lipinski definition) is 7. The van der Waals surface area contributed by atoms with E-state index in [0.717, 1.165) is 10.5 Å². The van der Waals surface area contributed by atoms with Crippen molar-refractivity contribution in [3.05, 3.63) is 103 Å². The second-order valence-electron chi connectivity index (χ2n) is 9.27. The Kier molecular flexibility index (Phi) is 9.28. The molecule has 0 aliphatic carbocycles. The van der Waals surface area contributed by atoms with Gasteiger partial charge < -0.3 is 14.4 Å². The number of nitrogens with zero attached hydrogens (tertiary/aromatic N) is 3. The Bertz CT molecular complexity index is 1690. The number of halogens is 2. The average Bonchev–Trinajstić information content (AvgIpc) is 2.95. The number of esters is 1. The van der Waals surface area contributed by atoms with E-state index in [1.54, 1.807) is 50.2 Å². The normalized spacial score (nSPS) is 10.9. The fourth-order valence-corrected chi connectivity index (χ4v) is 5.15. The van der Waals surface area contributed by atoms with E-state index in [2.05, 4.69) is 20.9 Å². The summed E-state index contributed by atoms with van der Waals surface area (Å²) in [4.78, 5) is 56.4. The van der Waals surface area contributed by atoms with Crippen LogP contribution in [0.2, 0.25) is 0 Å². The third-order valence-corrected chi connectivity index (χ3v) is 7.47. The van der Waals surface area contributed by atoms with Crippen LogP contribution < -0.4 is 5.56 Å². The fourth-order valence-electron chi connectivity index (χ4n) is 4.51. The fraction of sp³-hybridized carbons (Fsp3) is 0.233. The topological polar surface area (TPSA) is 119 Å². The molecule has 0 radical (unpaired) electrons. The van der Waals surface area contributed by atoms with Crippen molar-refractivity contribution in [3.63, 3.8) is 0 Å². The lowest BCUT2D eigenvalue weighted by Crippen LogP contribution is -2.33. The maximum Gasteiger partial charge on any atom is 0.347 e. The molecular formula is C30H27BrFN3O6. The number of amides is 2. The number of carbonyl (C=O) groups excluding carboxylic acids is 3. The van der Waals surface area contributed by atoms with Gasteiger partial charge in [-0.3, -0.25) is 24.3 Å². The molecule has 212 valence electrons. The Morgan fingerprint density at radius 2 is 1.88 bits per heavy atom. The molecule has 0 bridgehead atoms. The Balaban J connectivity index is 1.74. The quantitative estimate of drug-likeness (QED) is 0.200. The molecule has 0 unspecified atom stereocenters. The van der Waals surface area contributed by atoms with Crippen molar-refractivity contribution < 1.29 is 28.6 Å². The van der Waals surface area contributed by atoms with Crippen LogP contribution in [-0.4, -0.2) is 51.0 Å². The van der Waals surface area contributed by atoms with E-state index in [-0.39, 0.29) is 43.0 Å². The number of ether oxygens (including phenoxy) is 1. The van der Waals surface area contributed by atoms with Gasteiger partial charge in [0, 0.05) is 35.7 Å². The summed E-state index contributed by atoms with van der Waals surface area (Å²) in [5, 5.41) is 10.9. The van der Waals surface area contributed by atoms with Crippen molar-refractivity contribution in [3.8, 4) is 5.75 Å². The van der Waals surface area contributed by atoms with Crippen molar-refractivity contribution in [2.45, 2.75) is 33.2 Å². The first-order chi connectivity index (χ1) is 19.7. The van der Waals surface area contributed by atoms with Crippen LogP contribution in [0, 0.1) is 12.7 Å². The molecule has 0 atom stereocenters. The molecule has 0 aliphatic rings. The molecule has 2 aromatic heterocycles. The van der Waals surface area contributed by atoms with Crippen molar-refractivity contribution >= 4 is 45.2 Å². The van der Waals surface area contributed by atoms with Gasteiger partial charge in [0.05, 0.1) is 12.1 Å². The minimum atomic E-state index is -0.997. The van der Waals surface area contributed by atoms with E-state index in [1.165, 1.54) is 22.9 Å². The Morgan fingerprint density at radius 3 is 2.54 bits per heavy atom. The van der Waals surface area contributed by atoms with E-state index in [9.17, 15) is 28.7 Å². The lowest BCUT2D eigenvalue weighted by molar-refractivity contribution is -0.116. The number of aromatic nitrogens is 2. The number of pyridine rings is 2. The predicted octanol–water partition coefficient (Wildman–Crippen LogP) is 4.77. The predicted molar refractivity (Wildman–Crippen MR) is 153 cm³/mol. The van der Waals surface area contributed by atoms with Gasteiger partial charge in [0.2, 0.25) is 6.41 Å². The highest BCUT2D eigenvalue weighted by Gasteiger charge is 2.26. The molecule has 11 heteroatoms. The van der Waals surface area contributed by atoms with Crippen LogP contribution in [0.1, 0.15) is 50.8 Å². The van der Waals surface area contributed by atoms with Crippen LogP contribution in [0.3, 0.4) is 0 Å². The first kappa shape index (κ1) is 29.6. The first-order valence-electron chi connectivity index (χ1n) is 12.8. The van der Waals surface area contributed by atoms with Gasteiger partial charge in [-0.15, -0.1) is 0 Å². The zero-order valence-electron chi connectivity index (χ0n) is 22.4. The third-order valence-electron chi connectivity index (χ3n) is 6.59. The van der Waals surface area contributed by atoms with Crippen molar-refractivity contribution in [1.29, 1.82) is 0 Å². The summed E-state index contributed by atoms with van der Waals surface area (Å²) in [6.45, 7) is 3.29. The van der Waals surface area contributed by atoms with Gasteiger partial charge in [0.1, 0.15) is 11.3 Å². The van der Waals surface area contributed by atoms with Crippen LogP contribution in [-0.2, 0) is 22.5 Å². The van der Waals surface area contributed by atoms with Gasteiger partial charge in [-0.25, -0.2) is 9.18 Å². The summed E-state index contributed by atoms with van der Waals surface area (Å²) in [5.74, 6) is -2.46. The second kappa shape index (κ2) is 12.9. The van der Waals surface area contributed by atoms with Gasteiger partial charge in [-0.1, -0.05) is 30.3 Å². The minimum Gasteiger partial charge on any atom is -0.505 e. The third kappa shape index (κ3) is 6.19. The molecular weight excluding hydrogens is 597 g/mol. The van der Waals surface area contributed by atoms with E-state index < -0.39 is 28.7 Å². The second-order valence-corrected chi connectivity index (χ2v) is 10.1. The number of aryl methyl sites for hydroxylation is 2. The van der Waals surface area contributed by atoms with Crippen molar-refractivity contribution in [2.24, 2.45) is 0 Å². The van der Waals surface area contributed by atoms with Crippen LogP contribution in [0.5, 0.6) is 5.75 Å². The largest absolute Gasteiger partial charge is 0.505 e. The summed E-state index contributed by atoms with van der Waals surface area (Å²) in [6, 6.07) is 12.8. The molecule has 2 aromatic carbocycles. The summed E-state index contributed by atoms with van der Waals surface area (Å²) in [5.41, 5.74) is 1.37. The molecule has 9 nitrogen and oxygen atoms in total. The molecule has 0 aliphatic heterocycles. The average molecular weight is 624 g/mol. The first-order valence-corrected chi connectivity index (χ1v) is 13.6. The molecule has 0 saturated heterocycles. The smallest absolute Gasteiger partial charge is 0.347 e. The number of aromatic hydroxyl groups is 1. The lowest BCUT2D eigenvalue weighted by Gasteiger charge is -2.19. The SMILES string of the molecule is CCOC(=O)c1c(O)c2ncc(Cc3ccc(F)cc3)c(Br)c2n(CCCN(C=O)C(=O)c2ccccc2C)c1=O. The maximum absolute atomic E-state index is 13.6. The number of carbonyl (C=O) groups is 3. The van der Waals surface area contributed by atoms with Crippen molar-refractivity contribution in [1.82, 2.24) is 14.5 Å². The molecule has 2 amide bonds. The highest BCUT2D eigenvalue weighted by molar-refractivity contribution is 9.10. The highest BCUT2D eigenvalue weighted by Crippen LogP contribution is 2.33. The van der Waals surface area contributed by atoms with Crippen LogP contribution in [0.4, 0.5) is 4.39 Å². The zero-order chi connectivity index (χ0) is 29.7. The standard InChI is InChI=1S/C30H27BrFN3O6/c1-3-41-30(40)23-27(37)25-26(24(31)20(16-33-25)15-19-9-11-21(32)12-10-19)35(29(23)39)14-6-13-34(17-36)28(38)22-8-5-4-7-18(22)2/h4-5,7-12,16-17,37H,3,6,13-15H2,1-2H3. The number of rotatable bonds is 10. The minimum absolute atomic E-state index is 0.00869. The number of fused-ring (bicyclic) bond motifs is 1. The van der Waals surface area contributed by atoms with Gasteiger partial charge >= 0.3 is 5.97 Å². The van der Waals surface area contributed by atoms with E-state index >= 15 is 0 Å². The van der Waals surface area contributed by atoms with E-state index in [1.807, 2.05) is 0 Å². The zero-order valence-corrected chi connectivity index (χ0v) is 24.0. The van der Waals surface area contributed by atoms with Gasteiger partial charge in [0.25, 0.3) is 11.5 Å². The molecule has 41 heavy (non-hydrogen) atoms. The number of imide groups is 1. The Morgan fingerprint density at radius 1 is 1.17 bits per heavy atom. The lowest BCUT2D eigenvalue weighted by atomic mass is 10.1. The highest BCUT2D eigenvalue weighted by atomic mass is 79.9. The van der Waals surface area contributed by atoms with Crippen LogP contribution in [0.25, 0.3) is 11.0 Å². The molecule has 0 saturated carbocycles. The molecule has 4 rings (SSSR count). The maximum atomic E-state index is 13.6. The summed E-state index contributed by atoms with van der Waals surface area (Å²) < 4.78 is 20.1. The molecule has 1 N–H and O–H groups in total. The van der Waals surface area contributed by atoms with Gasteiger partial charge in [0.15, 0.2) is 11.3 Å². The number of hydrogen-bond donors (Lipinski definition) is 1. The van der Waals surface area contributed by atoms with Crippen LogP contribution in [0.15, 0.2) is 64.0 Å². The molecule has 2 heterocycles. The van der Waals surface area contributed by atoms with Crippen molar-refractivity contribution in [2.75, 3.05) is 13.2 Å². The molecule has 0 spiro atoms. The van der Waals surface area contributed by atoms with Gasteiger partial charge in [-0.2, -0.15) is 0 Å². The summed E-state index contributed by atoms with van der Waals surface area (Å²) >= 11 is 3.54. The Hall–Kier alpha value is -4.38. The monoisotopic (exact) mass is 623 g/mol. The molecule has 0 fully saturated rings. The summed E-state index contributed by atoms with van der Waals surface area (Å²) in [6.07, 6.45) is 2.43. The van der Waals surface area contributed by atoms with E-state index in [0.29, 0.717) is 34.0 Å². The molecule has 4 aromatic rings.